The molecule has 2 aromatic carbocycles. The Balaban J connectivity index is 2.03. The third-order valence-electron chi connectivity index (χ3n) is 3.20. The zero-order valence-corrected chi connectivity index (χ0v) is 14.3. The van der Waals surface area contributed by atoms with E-state index in [-0.39, 0.29) is 12.1 Å². The Morgan fingerprint density at radius 1 is 0.963 bits per heavy atom. The molecular weight excluding hydrogens is 395 g/mol. The maximum Gasteiger partial charge on any atom is 0.405 e. The molecule has 0 heterocycles. The van der Waals surface area contributed by atoms with Crippen LogP contribution in [-0.4, -0.2) is 27.0 Å². The van der Waals surface area contributed by atoms with Gasteiger partial charge in [-0.2, -0.15) is 13.2 Å². The molecule has 0 aliphatic rings. The zero-order chi connectivity index (χ0) is 20.2. The lowest BCUT2D eigenvalue weighted by molar-refractivity contribution is -0.138. The molecule has 0 bridgehead atoms. The van der Waals surface area contributed by atoms with Crippen LogP contribution in [0.15, 0.2) is 47.4 Å². The van der Waals surface area contributed by atoms with Gasteiger partial charge in [0.25, 0.3) is 10.0 Å². The highest BCUT2D eigenvalue weighted by Crippen LogP contribution is 2.19. The quantitative estimate of drug-likeness (QED) is 0.722. The van der Waals surface area contributed by atoms with Gasteiger partial charge < -0.3 is 5.32 Å². The van der Waals surface area contributed by atoms with Crippen LogP contribution in [0.4, 0.5) is 27.6 Å². The Hall–Kier alpha value is -2.69. The number of anilines is 1. The third-order valence-corrected chi connectivity index (χ3v) is 4.56. The SMILES string of the molecule is O=C(Cc1ccc(NS(=O)(=O)c2cc(F)cc(F)c2)cc1)NCC(F)(F)F. The highest BCUT2D eigenvalue weighted by atomic mass is 32.2. The second-order valence-electron chi connectivity index (χ2n) is 5.48. The number of alkyl halides is 3. The van der Waals surface area contributed by atoms with Crippen LogP contribution in [-0.2, 0) is 21.2 Å². The zero-order valence-electron chi connectivity index (χ0n) is 13.5. The van der Waals surface area contributed by atoms with Gasteiger partial charge in [-0.3, -0.25) is 9.52 Å². The van der Waals surface area contributed by atoms with Gasteiger partial charge in [-0.25, -0.2) is 17.2 Å². The molecule has 2 rings (SSSR count). The van der Waals surface area contributed by atoms with Gasteiger partial charge in [-0.15, -0.1) is 0 Å². The molecule has 0 aliphatic heterocycles. The Morgan fingerprint density at radius 3 is 2.04 bits per heavy atom. The van der Waals surface area contributed by atoms with Crippen LogP contribution in [0.1, 0.15) is 5.56 Å². The van der Waals surface area contributed by atoms with Crippen molar-refractivity contribution in [3.8, 4) is 0 Å². The minimum Gasteiger partial charge on any atom is -0.347 e. The largest absolute Gasteiger partial charge is 0.405 e. The maximum atomic E-state index is 13.2. The third kappa shape index (κ3) is 6.51. The number of hydrogen-bond acceptors (Lipinski definition) is 3. The predicted molar refractivity (Wildman–Crippen MR) is 86.4 cm³/mol. The first kappa shape index (κ1) is 20.6. The summed E-state index contributed by atoms with van der Waals surface area (Å²) in [4.78, 5) is 10.8. The normalized spacial score (nSPS) is 11.9. The fourth-order valence-electron chi connectivity index (χ4n) is 2.04. The van der Waals surface area contributed by atoms with Gasteiger partial charge in [0.05, 0.1) is 11.3 Å². The molecule has 2 aromatic rings. The van der Waals surface area contributed by atoms with E-state index >= 15 is 0 Å². The standard InChI is InChI=1S/C16H13F5N2O3S/c17-11-6-12(18)8-14(7-11)27(25,26)23-13-3-1-10(2-4-13)5-15(24)22-9-16(19,20)21/h1-4,6-8,23H,5,9H2,(H,22,24). The number of rotatable bonds is 6. The molecule has 0 saturated carbocycles. The van der Waals surface area contributed by atoms with Crippen LogP contribution >= 0.6 is 0 Å². The molecule has 0 atom stereocenters. The predicted octanol–water partition coefficient (Wildman–Crippen LogP) is 2.99. The number of benzene rings is 2. The number of halogens is 5. The van der Waals surface area contributed by atoms with E-state index in [0.717, 1.165) is 0 Å². The number of amides is 1. The maximum absolute atomic E-state index is 13.2. The number of carbonyl (C=O) groups excluding carboxylic acids is 1. The van der Waals surface area contributed by atoms with Gasteiger partial charge in [0.1, 0.15) is 18.2 Å². The van der Waals surface area contributed by atoms with Crippen molar-refractivity contribution in [2.45, 2.75) is 17.5 Å². The van der Waals surface area contributed by atoms with Crippen LogP contribution in [0, 0.1) is 11.6 Å². The monoisotopic (exact) mass is 408 g/mol. The summed E-state index contributed by atoms with van der Waals surface area (Å²) >= 11 is 0. The van der Waals surface area contributed by atoms with Crippen molar-refractivity contribution in [2.75, 3.05) is 11.3 Å². The van der Waals surface area contributed by atoms with Crippen molar-refractivity contribution >= 4 is 21.6 Å². The van der Waals surface area contributed by atoms with Gasteiger partial charge in [-0.05, 0) is 29.8 Å². The first-order valence-corrected chi connectivity index (χ1v) is 8.84. The Labute approximate surface area is 151 Å². The number of sulfonamides is 1. The lowest BCUT2D eigenvalue weighted by Crippen LogP contribution is -2.34. The summed E-state index contributed by atoms with van der Waals surface area (Å²) in [7, 11) is -4.25. The Morgan fingerprint density at radius 2 is 1.52 bits per heavy atom. The second kappa shape index (κ2) is 7.91. The molecule has 0 spiro atoms. The fraction of sp³-hybridized carbons (Fsp3) is 0.188. The molecule has 11 heteroatoms. The van der Waals surface area contributed by atoms with Gasteiger partial charge in [0.2, 0.25) is 5.91 Å². The van der Waals surface area contributed by atoms with E-state index in [9.17, 15) is 35.2 Å². The molecule has 0 unspecified atom stereocenters. The second-order valence-corrected chi connectivity index (χ2v) is 7.16. The smallest absolute Gasteiger partial charge is 0.347 e. The highest BCUT2D eigenvalue weighted by molar-refractivity contribution is 7.92. The fourth-order valence-corrected chi connectivity index (χ4v) is 3.13. The molecule has 146 valence electrons. The minimum atomic E-state index is -4.52. The topological polar surface area (TPSA) is 75.3 Å². The van der Waals surface area contributed by atoms with Crippen molar-refractivity contribution in [1.29, 1.82) is 0 Å². The highest BCUT2D eigenvalue weighted by Gasteiger charge is 2.27. The van der Waals surface area contributed by atoms with Gasteiger partial charge >= 0.3 is 6.18 Å². The van der Waals surface area contributed by atoms with E-state index in [4.69, 9.17) is 0 Å². The Bertz CT molecular complexity index is 908. The number of carbonyl (C=O) groups is 1. The number of hydrogen-bond donors (Lipinski definition) is 2. The summed E-state index contributed by atoms with van der Waals surface area (Å²) in [5.74, 6) is -2.97. The van der Waals surface area contributed by atoms with Crippen LogP contribution in [0.2, 0.25) is 0 Å². The van der Waals surface area contributed by atoms with Crippen LogP contribution in [0.3, 0.4) is 0 Å². The van der Waals surface area contributed by atoms with E-state index in [1.54, 1.807) is 5.32 Å². The van der Waals surface area contributed by atoms with E-state index in [0.29, 0.717) is 23.8 Å². The van der Waals surface area contributed by atoms with Gasteiger partial charge in [0, 0.05) is 11.8 Å². The average molecular weight is 408 g/mol. The molecule has 27 heavy (non-hydrogen) atoms. The van der Waals surface area contributed by atoms with E-state index in [1.165, 1.54) is 24.3 Å². The van der Waals surface area contributed by atoms with Crippen LogP contribution in [0.25, 0.3) is 0 Å². The summed E-state index contributed by atoms with van der Waals surface area (Å²) in [5, 5.41) is 1.71. The molecule has 0 fully saturated rings. The molecule has 0 aliphatic carbocycles. The van der Waals surface area contributed by atoms with Crippen LogP contribution < -0.4 is 10.0 Å². The molecule has 2 N–H and O–H groups in total. The average Bonchev–Trinajstić information content (AvgIpc) is 2.53. The van der Waals surface area contributed by atoms with Crippen molar-refractivity contribution in [2.24, 2.45) is 0 Å². The van der Waals surface area contributed by atoms with Gasteiger partial charge in [-0.1, -0.05) is 12.1 Å². The number of nitrogens with one attached hydrogen (secondary N) is 2. The van der Waals surface area contributed by atoms with Crippen molar-refractivity contribution in [1.82, 2.24) is 5.32 Å². The van der Waals surface area contributed by atoms with E-state index in [1.807, 2.05) is 0 Å². The van der Waals surface area contributed by atoms with E-state index < -0.39 is 45.2 Å². The first-order chi connectivity index (χ1) is 12.4. The lowest BCUT2D eigenvalue weighted by Gasteiger charge is -2.10. The van der Waals surface area contributed by atoms with Crippen molar-refractivity contribution in [3.05, 3.63) is 59.7 Å². The summed E-state index contributed by atoms with van der Waals surface area (Å²) in [6, 6.07) is 7.00. The van der Waals surface area contributed by atoms with E-state index in [2.05, 4.69) is 4.72 Å². The summed E-state index contributed by atoms with van der Waals surface area (Å²) in [6.07, 6.45) is -4.85. The van der Waals surface area contributed by atoms with Gasteiger partial charge in [0.15, 0.2) is 0 Å². The molecular formula is C16H13F5N2O3S. The van der Waals surface area contributed by atoms with Crippen molar-refractivity contribution < 1.29 is 35.2 Å². The Kier molecular flexibility index (Phi) is 6.04. The molecule has 0 saturated heterocycles. The summed E-state index contributed by atoms with van der Waals surface area (Å²) in [5.41, 5.74) is 0.383. The summed E-state index contributed by atoms with van der Waals surface area (Å²) < 4.78 is 88.8. The molecule has 5 nitrogen and oxygen atoms in total. The first-order valence-electron chi connectivity index (χ1n) is 7.36. The molecule has 1 amide bonds. The molecule has 0 radical (unpaired) electrons. The van der Waals surface area contributed by atoms with Crippen LogP contribution in [0.5, 0.6) is 0 Å². The molecule has 0 aromatic heterocycles. The van der Waals surface area contributed by atoms with Crippen molar-refractivity contribution in [3.63, 3.8) is 0 Å². The summed E-state index contributed by atoms with van der Waals surface area (Å²) in [6.45, 7) is -1.45. The lowest BCUT2D eigenvalue weighted by atomic mass is 10.1. The minimum absolute atomic E-state index is 0.0409.